The summed E-state index contributed by atoms with van der Waals surface area (Å²) >= 11 is 0. The summed E-state index contributed by atoms with van der Waals surface area (Å²) in [5, 5.41) is 0. The molecule has 1 unspecified atom stereocenters. The fourth-order valence-corrected chi connectivity index (χ4v) is 3.72. The summed E-state index contributed by atoms with van der Waals surface area (Å²) in [5.41, 5.74) is 0. The molecule has 0 radical (unpaired) electrons. The van der Waals surface area contributed by atoms with Crippen molar-refractivity contribution in [3.05, 3.63) is 12.7 Å². The van der Waals surface area contributed by atoms with Crippen LogP contribution in [-0.2, 0) is 0 Å². The predicted molar refractivity (Wildman–Crippen MR) is 57.0 cm³/mol. The Kier molecular flexibility index (Phi) is 8.03. The number of unbranched alkanes of at least 4 members (excludes halogenated alkanes) is 2. The van der Waals surface area contributed by atoms with Gasteiger partial charge in [-0.25, -0.2) is 0 Å². The lowest BCUT2D eigenvalue weighted by Crippen LogP contribution is -2.08. The highest BCUT2D eigenvalue weighted by atomic mass is 28.3. The van der Waals surface area contributed by atoms with E-state index in [0.717, 1.165) is 0 Å². The van der Waals surface area contributed by atoms with Gasteiger partial charge >= 0.3 is 0 Å². The molecular weight excluding hydrogens is 148 g/mol. The first-order valence-electron chi connectivity index (χ1n) is 4.96. The van der Waals surface area contributed by atoms with Gasteiger partial charge in [-0.2, -0.15) is 0 Å². The zero-order valence-corrected chi connectivity index (χ0v) is 9.26. The molecule has 0 saturated heterocycles. The van der Waals surface area contributed by atoms with E-state index in [9.17, 15) is 0 Å². The zero-order valence-electron chi connectivity index (χ0n) is 8.10. The Hall–Kier alpha value is -0.0431. The van der Waals surface area contributed by atoms with Crippen molar-refractivity contribution in [2.75, 3.05) is 0 Å². The minimum atomic E-state index is -0.363. The normalized spacial score (nSPS) is 12.9. The lowest BCUT2D eigenvalue weighted by Gasteiger charge is -2.09. The second kappa shape index (κ2) is 8.06. The maximum Gasteiger partial charge on any atom is 0.0403 e. The van der Waals surface area contributed by atoms with Crippen LogP contribution in [-0.4, -0.2) is 8.80 Å². The summed E-state index contributed by atoms with van der Waals surface area (Å²) < 4.78 is 0. The molecule has 1 heteroatoms. The van der Waals surface area contributed by atoms with Crippen LogP contribution in [0.25, 0.3) is 0 Å². The van der Waals surface area contributed by atoms with Gasteiger partial charge in [0.1, 0.15) is 0 Å². The fourth-order valence-electron chi connectivity index (χ4n) is 1.41. The largest absolute Gasteiger partial charge is 0.103 e. The van der Waals surface area contributed by atoms with Gasteiger partial charge in [0.25, 0.3) is 0 Å². The predicted octanol–water partition coefficient (Wildman–Crippen LogP) is 3.61. The highest BCUT2D eigenvalue weighted by Gasteiger charge is 2.04. The van der Waals surface area contributed by atoms with Gasteiger partial charge in [-0.05, 0) is 6.04 Å². The third-order valence-electron chi connectivity index (χ3n) is 2.29. The fraction of sp³-hybridized carbons (Fsp3) is 0.800. The van der Waals surface area contributed by atoms with Crippen molar-refractivity contribution < 1.29 is 0 Å². The SMILES string of the molecule is C=CC[SiH](CC)CCCCC. The Morgan fingerprint density at radius 3 is 2.45 bits per heavy atom. The van der Waals surface area contributed by atoms with E-state index < -0.39 is 0 Å². The molecule has 0 spiro atoms. The maximum atomic E-state index is 3.81. The van der Waals surface area contributed by atoms with Gasteiger partial charge in [-0.1, -0.05) is 51.3 Å². The molecule has 0 aromatic heterocycles. The van der Waals surface area contributed by atoms with Gasteiger partial charge < -0.3 is 0 Å². The van der Waals surface area contributed by atoms with Crippen LogP contribution in [0.4, 0.5) is 0 Å². The van der Waals surface area contributed by atoms with Crippen molar-refractivity contribution in [2.24, 2.45) is 0 Å². The Bertz CT molecular complexity index is 88.9. The van der Waals surface area contributed by atoms with Gasteiger partial charge in [-0.15, -0.1) is 6.58 Å². The molecule has 0 aliphatic heterocycles. The summed E-state index contributed by atoms with van der Waals surface area (Å²) in [5.74, 6) is 0. The Morgan fingerprint density at radius 2 is 2.00 bits per heavy atom. The number of rotatable bonds is 7. The van der Waals surface area contributed by atoms with Gasteiger partial charge in [0, 0.05) is 8.80 Å². The van der Waals surface area contributed by atoms with E-state index in [1.807, 2.05) is 0 Å². The van der Waals surface area contributed by atoms with E-state index in [2.05, 4.69) is 26.5 Å². The first-order chi connectivity index (χ1) is 5.35. The van der Waals surface area contributed by atoms with Crippen LogP contribution in [0.1, 0.15) is 33.1 Å². The molecule has 0 fully saturated rings. The van der Waals surface area contributed by atoms with Crippen LogP contribution < -0.4 is 0 Å². The summed E-state index contributed by atoms with van der Waals surface area (Å²) in [6.07, 6.45) is 6.38. The number of hydrogen-bond donors (Lipinski definition) is 0. The molecule has 0 aliphatic carbocycles. The standard InChI is InChI=1S/C10H22Si/c1-4-7-8-10-11(6-3)9-5-2/h5,11H,2,4,6-10H2,1,3H3. The number of allylic oxidation sites excluding steroid dienone is 1. The van der Waals surface area contributed by atoms with Crippen molar-refractivity contribution >= 4 is 8.80 Å². The second-order valence-electron chi connectivity index (χ2n) is 3.29. The van der Waals surface area contributed by atoms with Crippen molar-refractivity contribution in [2.45, 2.75) is 51.2 Å². The molecule has 0 bridgehead atoms. The monoisotopic (exact) mass is 170 g/mol. The first-order valence-corrected chi connectivity index (χ1v) is 7.40. The lowest BCUT2D eigenvalue weighted by molar-refractivity contribution is 0.764. The van der Waals surface area contributed by atoms with E-state index >= 15 is 0 Å². The Balaban J connectivity index is 3.27. The lowest BCUT2D eigenvalue weighted by atomic mass is 10.3. The van der Waals surface area contributed by atoms with E-state index in [1.165, 1.54) is 37.4 Å². The molecule has 66 valence electrons. The molecule has 1 atom stereocenters. The maximum absolute atomic E-state index is 3.81. The summed E-state index contributed by atoms with van der Waals surface area (Å²) in [6, 6.07) is 4.34. The van der Waals surface area contributed by atoms with Gasteiger partial charge in [0.2, 0.25) is 0 Å². The van der Waals surface area contributed by atoms with E-state index in [0.29, 0.717) is 0 Å². The summed E-state index contributed by atoms with van der Waals surface area (Å²) in [4.78, 5) is 0. The molecule has 11 heavy (non-hydrogen) atoms. The van der Waals surface area contributed by atoms with Gasteiger partial charge in [-0.3, -0.25) is 0 Å². The quantitative estimate of drug-likeness (QED) is 0.311. The third-order valence-corrected chi connectivity index (χ3v) is 5.67. The zero-order chi connectivity index (χ0) is 8.53. The average molecular weight is 170 g/mol. The molecule has 0 aliphatic rings. The highest BCUT2D eigenvalue weighted by molar-refractivity contribution is 6.59. The number of hydrogen-bond acceptors (Lipinski definition) is 0. The topological polar surface area (TPSA) is 0 Å². The van der Waals surface area contributed by atoms with Gasteiger partial charge in [0.15, 0.2) is 0 Å². The summed E-state index contributed by atoms with van der Waals surface area (Å²) in [6.45, 7) is 8.42. The molecule has 0 aromatic carbocycles. The first kappa shape index (κ1) is 11.0. The molecular formula is C10H22Si. The molecule has 0 amide bonds. The Labute approximate surface area is 73.3 Å². The average Bonchev–Trinajstić information content (AvgIpc) is 2.03. The van der Waals surface area contributed by atoms with Crippen molar-refractivity contribution in [3.8, 4) is 0 Å². The molecule has 0 heterocycles. The third kappa shape index (κ3) is 6.36. The van der Waals surface area contributed by atoms with Crippen molar-refractivity contribution in [1.29, 1.82) is 0 Å². The van der Waals surface area contributed by atoms with E-state index in [-0.39, 0.29) is 8.80 Å². The minimum absolute atomic E-state index is 0.363. The van der Waals surface area contributed by atoms with Crippen LogP contribution in [0.5, 0.6) is 0 Å². The van der Waals surface area contributed by atoms with Gasteiger partial charge in [0.05, 0.1) is 0 Å². The Morgan fingerprint density at radius 1 is 1.27 bits per heavy atom. The molecule has 0 saturated carbocycles. The minimum Gasteiger partial charge on any atom is -0.103 e. The molecule has 0 aromatic rings. The highest BCUT2D eigenvalue weighted by Crippen LogP contribution is 2.11. The van der Waals surface area contributed by atoms with E-state index in [1.54, 1.807) is 0 Å². The van der Waals surface area contributed by atoms with Crippen molar-refractivity contribution in [3.63, 3.8) is 0 Å². The summed E-state index contributed by atoms with van der Waals surface area (Å²) in [7, 11) is -0.363. The van der Waals surface area contributed by atoms with Crippen LogP contribution >= 0.6 is 0 Å². The second-order valence-corrected chi connectivity index (χ2v) is 6.89. The van der Waals surface area contributed by atoms with Crippen LogP contribution in [0.15, 0.2) is 12.7 Å². The van der Waals surface area contributed by atoms with E-state index in [4.69, 9.17) is 0 Å². The molecule has 0 nitrogen and oxygen atoms in total. The molecule has 0 rings (SSSR count). The van der Waals surface area contributed by atoms with Crippen LogP contribution in [0.2, 0.25) is 18.1 Å². The smallest absolute Gasteiger partial charge is 0.0403 e. The van der Waals surface area contributed by atoms with Crippen molar-refractivity contribution in [1.82, 2.24) is 0 Å². The van der Waals surface area contributed by atoms with Crippen LogP contribution in [0, 0.1) is 0 Å². The van der Waals surface area contributed by atoms with Crippen LogP contribution in [0.3, 0.4) is 0 Å². The molecule has 0 N–H and O–H groups in total.